The van der Waals surface area contributed by atoms with Crippen LogP contribution in [0.1, 0.15) is 54.4 Å². The summed E-state index contributed by atoms with van der Waals surface area (Å²) in [6.07, 6.45) is 5.33. The fraction of sp³-hybridized carbons (Fsp3) is 0.571. The number of piperidine rings is 2. The first-order valence-corrected chi connectivity index (χ1v) is 15.8. The molecule has 40 heavy (non-hydrogen) atoms. The van der Waals surface area contributed by atoms with Gasteiger partial charge >= 0.3 is 0 Å². The van der Waals surface area contributed by atoms with Gasteiger partial charge in [-0.15, -0.1) is 0 Å². The van der Waals surface area contributed by atoms with Gasteiger partial charge in [0.25, 0.3) is 5.91 Å². The molecule has 10 nitrogen and oxygen atoms in total. The van der Waals surface area contributed by atoms with Gasteiger partial charge in [0, 0.05) is 38.2 Å². The number of carbonyl (C=O) groups is 1. The van der Waals surface area contributed by atoms with Gasteiger partial charge in [-0.25, -0.2) is 17.8 Å². The Labute approximate surface area is 234 Å². The molecule has 4 heterocycles. The molecule has 3 fully saturated rings. The molecule has 0 unspecified atom stereocenters. The smallest absolute Gasteiger partial charge is 0.258 e. The molecule has 3 aliphatic heterocycles. The maximum absolute atomic E-state index is 13.8. The Morgan fingerprint density at radius 3 is 2.55 bits per heavy atom. The number of amides is 1. The van der Waals surface area contributed by atoms with Crippen molar-refractivity contribution >= 4 is 38.9 Å². The second-order valence-corrected chi connectivity index (χ2v) is 13.2. The van der Waals surface area contributed by atoms with Gasteiger partial charge < -0.3 is 25.0 Å². The molecule has 1 spiro atoms. The Balaban J connectivity index is 1.28. The number of alkyl halides is 1. The zero-order valence-electron chi connectivity index (χ0n) is 22.5. The predicted octanol–water partition coefficient (Wildman–Crippen LogP) is 3.32. The first-order valence-electron chi connectivity index (χ1n) is 14.1. The normalized spacial score (nSPS) is 20.2. The molecule has 3 N–H and O–H groups in total. The number of aliphatic hydroxyl groups is 1. The maximum Gasteiger partial charge on any atom is 0.258 e. The zero-order valence-corrected chi connectivity index (χ0v) is 23.3. The monoisotopic (exact) mass is 573 g/mol. The number of carbonyl (C=O) groups excluding carboxylic acids is 1. The number of aliphatic hydroxyl groups excluding tert-OH is 1. The number of nitrogens with one attached hydrogen (secondary N) is 2. The highest BCUT2D eigenvalue weighted by atomic mass is 32.2. The summed E-state index contributed by atoms with van der Waals surface area (Å²) in [4.78, 5) is 22.6. The molecule has 1 saturated carbocycles. The van der Waals surface area contributed by atoms with E-state index in [1.807, 2.05) is 11.0 Å². The average Bonchev–Trinajstić information content (AvgIpc) is 3.50. The third-order valence-corrected chi connectivity index (χ3v) is 9.88. The van der Waals surface area contributed by atoms with Crippen molar-refractivity contribution in [3.8, 4) is 5.75 Å². The lowest BCUT2D eigenvalue weighted by atomic mass is 9.93. The number of halogens is 1. The molecule has 216 valence electrons. The minimum absolute atomic E-state index is 0.341. The Morgan fingerprint density at radius 2 is 1.85 bits per heavy atom. The first-order chi connectivity index (χ1) is 19.2. The molecule has 1 aromatic heterocycles. The summed E-state index contributed by atoms with van der Waals surface area (Å²) in [5.41, 5.74) is 2.82. The Kier molecular flexibility index (Phi) is 7.24. The molecular formula is C28H36FN5O5S. The van der Waals surface area contributed by atoms with Crippen molar-refractivity contribution in [1.29, 1.82) is 0 Å². The molecule has 12 heteroatoms. The molecule has 1 amide bonds. The number of ether oxygens (including phenoxy) is 1. The van der Waals surface area contributed by atoms with Gasteiger partial charge in [0.05, 0.1) is 35.9 Å². The highest BCUT2D eigenvalue weighted by Gasteiger charge is 2.44. The molecule has 1 aliphatic carbocycles. The summed E-state index contributed by atoms with van der Waals surface area (Å²) in [7, 11) is -3.72. The van der Waals surface area contributed by atoms with Crippen LogP contribution in [0.2, 0.25) is 0 Å². The topological polar surface area (TPSA) is 124 Å². The summed E-state index contributed by atoms with van der Waals surface area (Å²) in [5.74, 6) is 0.998. The lowest BCUT2D eigenvalue weighted by Crippen LogP contribution is -2.36. The second-order valence-electron chi connectivity index (χ2n) is 11.4. The predicted molar refractivity (Wildman–Crippen MR) is 152 cm³/mol. The first kappa shape index (κ1) is 27.1. The van der Waals surface area contributed by atoms with E-state index in [0.717, 1.165) is 31.5 Å². The Hall–Kier alpha value is -3.12. The number of nitrogens with zero attached hydrogens (tertiary/aromatic N) is 3. The highest BCUT2D eigenvalue weighted by molar-refractivity contribution is 7.92. The van der Waals surface area contributed by atoms with Crippen LogP contribution in [-0.2, 0) is 16.4 Å². The average molecular weight is 574 g/mol. The number of hydrogen-bond donors (Lipinski definition) is 3. The molecular weight excluding hydrogens is 537 g/mol. The van der Waals surface area contributed by atoms with Crippen molar-refractivity contribution in [2.24, 2.45) is 5.41 Å². The van der Waals surface area contributed by atoms with Crippen LogP contribution in [0.5, 0.6) is 5.75 Å². The van der Waals surface area contributed by atoms with E-state index in [4.69, 9.17) is 14.8 Å². The number of aromatic nitrogens is 1. The minimum atomic E-state index is -3.72. The van der Waals surface area contributed by atoms with Crippen LogP contribution in [0.25, 0.3) is 0 Å². The molecule has 0 atom stereocenters. The third kappa shape index (κ3) is 5.69. The molecule has 0 radical (unpaired) electrons. The van der Waals surface area contributed by atoms with Crippen LogP contribution < -0.4 is 24.6 Å². The van der Waals surface area contributed by atoms with Gasteiger partial charge in [-0.05, 0) is 68.2 Å². The van der Waals surface area contributed by atoms with Crippen molar-refractivity contribution < 1.29 is 27.4 Å². The molecule has 4 aliphatic rings. The van der Waals surface area contributed by atoms with Crippen molar-refractivity contribution in [1.82, 2.24) is 4.98 Å². The fourth-order valence-electron chi connectivity index (χ4n) is 6.00. The summed E-state index contributed by atoms with van der Waals surface area (Å²) in [6.45, 7) is 2.70. The number of anilines is 4. The van der Waals surface area contributed by atoms with E-state index in [2.05, 4.69) is 14.9 Å². The van der Waals surface area contributed by atoms with Gasteiger partial charge in [0.15, 0.2) is 11.6 Å². The molecule has 1 aromatic carbocycles. The number of sulfonamides is 1. The van der Waals surface area contributed by atoms with Crippen molar-refractivity contribution in [2.75, 3.05) is 65.0 Å². The van der Waals surface area contributed by atoms with Crippen LogP contribution in [0.3, 0.4) is 0 Å². The van der Waals surface area contributed by atoms with Gasteiger partial charge in [-0.3, -0.25) is 9.52 Å². The Morgan fingerprint density at radius 1 is 1.10 bits per heavy atom. The largest absolute Gasteiger partial charge is 0.489 e. The Bertz CT molecular complexity index is 1380. The third-order valence-electron chi connectivity index (χ3n) is 8.61. The molecule has 0 bridgehead atoms. The van der Waals surface area contributed by atoms with E-state index < -0.39 is 28.6 Å². The molecule has 2 saturated heterocycles. The summed E-state index contributed by atoms with van der Waals surface area (Å²) < 4.78 is 46.8. The van der Waals surface area contributed by atoms with E-state index in [0.29, 0.717) is 78.7 Å². The fourth-order valence-corrected chi connectivity index (χ4v) is 6.83. The van der Waals surface area contributed by atoms with Crippen LogP contribution in [0.15, 0.2) is 24.3 Å². The summed E-state index contributed by atoms with van der Waals surface area (Å²) in [6, 6.07) is 6.73. The lowest BCUT2D eigenvalue weighted by Gasteiger charge is -2.35. The van der Waals surface area contributed by atoms with E-state index >= 15 is 0 Å². The second kappa shape index (κ2) is 10.7. The van der Waals surface area contributed by atoms with E-state index in [1.54, 1.807) is 18.2 Å². The van der Waals surface area contributed by atoms with Crippen molar-refractivity contribution in [3.05, 3.63) is 35.4 Å². The number of benzene rings is 1. The quantitative estimate of drug-likeness (QED) is 0.440. The standard InChI is InChI=1S/C28H36FN5O5S/c29-20-3-10-34(11-4-20)26-25-19(5-15-39-25)17-24(30-26)31-27(36)22-2-1-21(32-40(37,38)16-14-35)18-23(22)33-12-8-28(6-7-28)9-13-33/h1-2,17-18,20,32,35H,3-16H2,(H,30,31,36). The van der Waals surface area contributed by atoms with Gasteiger partial charge in [-0.1, -0.05) is 0 Å². The van der Waals surface area contributed by atoms with E-state index in [9.17, 15) is 17.6 Å². The number of pyridine rings is 1. The van der Waals surface area contributed by atoms with Gasteiger partial charge in [0.2, 0.25) is 10.0 Å². The van der Waals surface area contributed by atoms with Crippen LogP contribution in [-0.4, -0.2) is 75.7 Å². The van der Waals surface area contributed by atoms with Crippen molar-refractivity contribution in [3.63, 3.8) is 0 Å². The zero-order chi connectivity index (χ0) is 27.9. The van der Waals surface area contributed by atoms with Gasteiger partial charge in [-0.2, -0.15) is 0 Å². The minimum Gasteiger partial charge on any atom is -0.489 e. The van der Waals surface area contributed by atoms with Crippen LogP contribution >= 0.6 is 0 Å². The summed E-state index contributed by atoms with van der Waals surface area (Å²) >= 11 is 0. The molecule has 2 aromatic rings. The number of fused-ring (bicyclic) bond motifs is 1. The summed E-state index contributed by atoms with van der Waals surface area (Å²) in [5, 5.41) is 12.1. The van der Waals surface area contributed by atoms with E-state index in [-0.39, 0.29) is 5.91 Å². The van der Waals surface area contributed by atoms with Crippen molar-refractivity contribution in [2.45, 2.75) is 51.1 Å². The van der Waals surface area contributed by atoms with Gasteiger partial charge in [0.1, 0.15) is 12.0 Å². The number of hydrogen-bond acceptors (Lipinski definition) is 8. The van der Waals surface area contributed by atoms with Crippen LogP contribution in [0.4, 0.5) is 27.4 Å². The lowest BCUT2D eigenvalue weighted by molar-refractivity contribution is 0.102. The highest BCUT2D eigenvalue weighted by Crippen LogP contribution is 2.54. The SMILES string of the molecule is O=C(Nc1cc2c(c(N3CCC(F)CC3)n1)OCC2)c1ccc(NS(=O)(=O)CCO)cc1N1CCC2(CC1)CC2. The van der Waals surface area contributed by atoms with Crippen LogP contribution in [0, 0.1) is 5.41 Å². The number of rotatable bonds is 8. The van der Waals surface area contributed by atoms with E-state index in [1.165, 1.54) is 12.8 Å². The maximum atomic E-state index is 13.8. The molecule has 6 rings (SSSR count).